The van der Waals surface area contributed by atoms with E-state index in [9.17, 15) is 4.79 Å². The van der Waals surface area contributed by atoms with Gasteiger partial charge in [0.05, 0.1) is 6.54 Å². The summed E-state index contributed by atoms with van der Waals surface area (Å²) in [6.45, 7) is 10.4. The van der Waals surface area contributed by atoms with E-state index >= 15 is 0 Å². The molecule has 0 fully saturated rings. The van der Waals surface area contributed by atoms with Gasteiger partial charge in [-0.15, -0.1) is 0 Å². The van der Waals surface area contributed by atoms with Crippen molar-refractivity contribution in [2.75, 3.05) is 6.54 Å². The smallest absolute Gasteiger partial charge is 0.234 e. The van der Waals surface area contributed by atoms with Gasteiger partial charge in [-0.25, -0.2) is 0 Å². The van der Waals surface area contributed by atoms with Gasteiger partial charge >= 0.3 is 0 Å². The molecule has 0 radical (unpaired) electrons. The number of nitrogens with one attached hydrogen (secondary N) is 2. The number of rotatable bonds is 3. The van der Waals surface area contributed by atoms with Crippen LogP contribution in [0.25, 0.3) is 0 Å². The molecule has 3 heteroatoms. The van der Waals surface area contributed by atoms with Gasteiger partial charge in [0.15, 0.2) is 0 Å². The van der Waals surface area contributed by atoms with Crippen LogP contribution in [0.2, 0.25) is 0 Å². The average molecular weight is 172 g/mol. The first kappa shape index (κ1) is 11.4. The lowest BCUT2D eigenvalue weighted by Gasteiger charge is -2.21. The van der Waals surface area contributed by atoms with Crippen molar-refractivity contribution in [3.63, 3.8) is 0 Å². The topological polar surface area (TPSA) is 41.1 Å². The summed E-state index contributed by atoms with van der Waals surface area (Å²) in [4.78, 5) is 11.2. The highest BCUT2D eigenvalue weighted by Gasteiger charge is 2.12. The maximum absolute atomic E-state index is 11.2. The molecule has 3 nitrogen and oxygen atoms in total. The van der Waals surface area contributed by atoms with Crippen molar-refractivity contribution >= 4 is 5.91 Å². The molecule has 0 bridgehead atoms. The van der Waals surface area contributed by atoms with Crippen LogP contribution in [0.1, 0.15) is 34.6 Å². The van der Waals surface area contributed by atoms with Crippen LogP contribution in [-0.2, 0) is 4.79 Å². The van der Waals surface area contributed by atoms with Crippen LogP contribution < -0.4 is 10.6 Å². The summed E-state index contributed by atoms with van der Waals surface area (Å²) in [5.41, 5.74) is -0.129. The Balaban J connectivity index is 3.61. The van der Waals surface area contributed by atoms with Gasteiger partial charge in [-0.2, -0.15) is 0 Å². The third kappa shape index (κ3) is 7.54. The molecule has 0 aliphatic carbocycles. The lowest BCUT2D eigenvalue weighted by Crippen LogP contribution is -2.45. The molecule has 0 saturated carbocycles. The third-order valence-corrected chi connectivity index (χ3v) is 1.19. The Hall–Kier alpha value is -0.570. The Morgan fingerprint density at radius 3 is 2.17 bits per heavy atom. The Labute approximate surface area is 74.9 Å². The van der Waals surface area contributed by atoms with E-state index in [1.165, 1.54) is 0 Å². The molecular formula is C9H20N2O. The second-order valence-electron chi connectivity index (χ2n) is 4.33. The van der Waals surface area contributed by atoms with Crippen molar-refractivity contribution in [1.82, 2.24) is 10.6 Å². The van der Waals surface area contributed by atoms with Gasteiger partial charge in [0.1, 0.15) is 0 Å². The number of hydrogen-bond acceptors (Lipinski definition) is 2. The van der Waals surface area contributed by atoms with Crippen molar-refractivity contribution in [2.45, 2.75) is 46.2 Å². The molecular weight excluding hydrogens is 152 g/mol. The van der Waals surface area contributed by atoms with Gasteiger partial charge in [-0.3, -0.25) is 4.79 Å². The predicted octanol–water partition coefficient (Wildman–Crippen LogP) is 0.899. The highest BCUT2D eigenvalue weighted by atomic mass is 16.2. The molecule has 1 amide bonds. The molecule has 72 valence electrons. The normalized spacial score (nSPS) is 11.8. The van der Waals surface area contributed by atoms with E-state index in [-0.39, 0.29) is 11.4 Å². The Kier molecular flexibility index (Phi) is 4.24. The molecule has 0 aromatic carbocycles. The van der Waals surface area contributed by atoms with Gasteiger partial charge in [0.2, 0.25) is 5.91 Å². The van der Waals surface area contributed by atoms with Crippen molar-refractivity contribution in [2.24, 2.45) is 0 Å². The molecule has 2 N–H and O–H groups in total. The molecule has 0 unspecified atom stereocenters. The number of carbonyl (C=O) groups excluding carboxylic acids is 1. The SMILES string of the molecule is CC(C)NCC(=O)NC(C)(C)C. The van der Waals surface area contributed by atoms with E-state index in [1.54, 1.807) is 0 Å². The molecule has 0 saturated heterocycles. The minimum Gasteiger partial charge on any atom is -0.350 e. The zero-order chi connectivity index (χ0) is 9.78. The number of hydrogen-bond donors (Lipinski definition) is 2. The zero-order valence-corrected chi connectivity index (χ0v) is 8.69. The van der Waals surface area contributed by atoms with Crippen LogP contribution in [0, 0.1) is 0 Å². The molecule has 0 aromatic heterocycles. The number of amides is 1. The summed E-state index contributed by atoms with van der Waals surface area (Å²) < 4.78 is 0. The van der Waals surface area contributed by atoms with Gasteiger partial charge in [0.25, 0.3) is 0 Å². The summed E-state index contributed by atoms with van der Waals surface area (Å²) >= 11 is 0. The monoisotopic (exact) mass is 172 g/mol. The maximum Gasteiger partial charge on any atom is 0.234 e. The molecule has 0 aliphatic heterocycles. The largest absolute Gasteiger partial charge is 0.350 e. The van der Waals surface area contributed by atoms with E-state index in [2.05, 4.69) is 10.6 Å². The van der Waals surface area contributed by atoms with Crippen LogP contribution in [0.15, 0.2) is 0 Å². The summed E-state index contributed by atoms with van der Waals surface area (Å²) in [5.74, 6) is 0.0520. The van der Waals surface area contributed by atoms with Gasteiger partial charge in [-0.1, -0.05) is 13.8 Å². The highest BCUT2D eigenvalue weighted by molar-refractivity contribution is 5.78. The molecule has 12 heavy (non-hydrogen) atoms. The minimum absolute atomic E-state index is 0.0520. The van der Waals surface area contributed by atoms with Crippen molar-refractivity contribution in [1.29, 1.82) is 0 Å². The molecule has 0 rings (SSSR count). The summed E-state index contributed by atoms with van der Waals surface area (Å²) in [6.07, 6.45) is 0. The summed E-state index contributed by atoms with van der Waals surface area (Å²) in [5, 5.41) is 5.93. The maximum atomic E-state index is 11.2. The Morgan fingerprint density at radius 1 is 1.33 bits per heavy atom. The van der Waals surface area contributed by atoms with Crippen molar-refractivity contribution in [3.8, 4) is 0 Å². The second-order valence-corrected chi connectivity index (χ2v) is 4.33. The predicted molar refractivity (Wildman–Crippen MR) is 51.0 cm³/mol. The molecule has 0 aliphatic rings. The lowest BCUT2D eigenvalue weighted by molar-refractivity contribution is -0.121. The van der Waals surface area contributed by atoms with E-state index in [4.69, 9.17) is 0 Å². The van der Waals surface area contributed by atoms with E-state index in [1.807, 2.05) is 34.6 Å². The van der Waals surface area contributed by atoms with Gasteiger partial charge in [0, 0.05) is 11.6 Å². The van der Waals surface area contributed by atoms with Crippen LogP contribution in [0.3, 0.4) is 0 Å². The standard InChI is InChI=1S/C9H20N2O/c1-7(2)10-6-8(12)11-9(3,4)5/h7,10H,6H2,1-5H3,(H,11,12). The Bertz CT molecular complexity index is 147. The fraction of sp³-hybridized carbons (Fsp3) is 0.889. The summed E-state index contributed by atoms with van der Waals surface area (Å²) in [7, 11) is 0. The van der Waals surface area contributed by atoms with Crippen molar-refractivity contribution < 1.29 is 4.79 Å². The van der Waals surface area contributed by atoms with Crippen LogP contribution >= 0.6 is 0 Å². The molecule has 0 spiro atoms. The van der Waals surface area contributed by atoms with Crippen LogP contribution in [0.4, 0.5) is 0 Å². The van der Waals surface area contributed by atoms with E-state index < -0.39 is 0 Å². The summed E-state index contributed by atoms with van der Waals surface area (Å²) in [6, 6.07) is 0.357. The highest BCUT2D eigenvalue weighted by Crippen LogP contribution is 1.97. The van der Waals surface area contributed by atoms with E-state index in [0.29, 0.717) is 12.6 Å². The van der Waals surface area contributed by atoms with Crippen LogP contribution in [0.5, 0.6) is 0 Å². The zero-order valence-electron chi connectivity index (χ0n) is 8.69. The van der Waals surface area contributed by atoms with Crippen molar-refractivity contribution in [3.05, 3.63) is 0 Å². The fourth-order valence-corrected chi connectivity index (χ4v) is 0.759. The van der Waals surface area contributed by atoms with Gasteiger partial charge in [-0.05, 0) is 20.8 Å². The lowest BCUT2D eigenvalue weighted by atomic mass is 10.1. The fourth-order valence-electron chi connectivity index (χ4n) is 0.759. The first-order chi connectivity index (χ1) is 5.31. The molecule has 0 aromatic rings. The second kappa shape index (κ2) is 4.45. The Morgan fingerprint density at radius 2 is 1.83 bits per heavy atom. The first-order valence-electron chi connectivity index (χ1n) is 4.35. The van der Waals surface area contributed by atoms with Crippen LogP contribution in [-0.4, -0.2) is 24.0 Å². The minimum atomic E-state index is -0.129. The molecule has 0 heterocycles. The number of carbonyl (C=O) groups is 1. The average Bonchev–Trinajstić information content (AvgIpc) is 1.79. The first-order valence-corrected chi connectivity index (χ1v) is 4.35. The van der Waals surface area contributed by atoms with Gasteiger partial charge < -0.3 is 10.6 Å². The third-order valence-electron chi connectivity index (χ3n) is 1.19. The molecule has 0 atom stereocenters. The van der Waals surface area contributed by atoms with E-state index in [0.717, 1.165) is 0 Å². The quantitative estimate of drug-likeness (QED) is 0.664.